The topological polar surface area (TPSA) is 65.2 Å². The van der Waals surface area contributed by atoms with Gasteiger partial charge in [0, 0.05) is 28.7 Å². The van der Waals surface area contributed by atoms with Crippen molar-refractivity contribution in [2.45, 2.75) is 6.61 Å². The minimum atomic E-state index is -0.479. The molecule has 0 spiro atoms. The predicted molar refractivity (Wildman–Crippen MR) is 69.2 cm³/mol. The molecular weight excluding hydrogens is 252 g/mol. The molecule has 0 amide bonds. The van der Waals surface area contributed by atoms with Crippen LogP contribution < -0.4 is 5.73 Å². The molecule has 0 fully saturated rings. The summed E-state index contributed by atoms with van der Waals surface area (Å²) < 4.78 is 5.13. The third kappa shape index (κ3) is 2.99. The van der Waals surface area contributed by atoms with E-state index in [1.807, 2.05) is 6.07 Å². The van der Waals surface area contributed by atoms with Crippen LogP contribution >= 0.6 is 11.6 Å². The molecule has 0 saturated carbocycles. The Kier molecular flexibility index (Phi) is 3.79. The van der Waals surface area contributed by atoms with Crippen LogP contribution in [0.15, 0.2) is 42.7 Å². The maximum absolute atomic E-state index is 11.8. The van der Waals surface area contributed by atoms with E-state index in [0.717, 1.165) is 5.56 Å². The van der Waals surface area contributed by atoms with Crippen LogP contribution in [0.5, 0.6) is 0 Å². The normalized spacial score (nSPS) is 10.1. The number of nitrogens with two attached hydrogens (primary N) is 1. The molecule has 0 unspecified atom stereocenters. The highest BCUT2D eigenvalue weighted by molar-refractivity contribution is 6.31. The van der Waals surface area contributed by atoms with E-state index in [9.17, 15) is 4.79 Å². The lowest BCUT2D eigenvalue weighted by molar-refractivity contribution is 0.0473. The van der Waals surface area contributed by atoms with Crippen molar-refractivity contribution >= 4 is 23.3 Å². The van der Waals surface area contributed by atoms with E-state index < -0.39 is 5.97 Å². The fraction of sp³-hybridized carbons (Fsp3) is 0.0769. The third-order valence-corrected chi connectivity index (χ3v) is 2.56. The van der Waals surface area contributed by atoms with Gasteiger partial charge in [0.05, 0.1) is 5.56 Å². The Bertz CT molecular complexity index is 558. The number of nitrogen functional groups attached to an aromatic ring is 1. The molecule has 2 rings (SSSR count). The molecule has 18 heavy (non-hydrogen) atoms. The van der Waals surface area contributed by atoms with Crippen LogP contribution in [0.2, 0.25) is 5.02 Å². The SMILES string of the molecule is Nc1cc(Cl)ccc1C(=O)OCc1cccnc1. The average Bonchev–Trinajstić information content (AvgIpc) is 2.37. The zero-order valence-electron chi connectivity index (χ0n) is 9.47. The number of hydrogen-bond acceptors (Lipinski definition) is 4. The standard InChI is InChI=1S/C13H11ClN2O2/c14-10-3-4-11(12(15)6-10)13(17)18-8-9-2-1-5-16-7-9/h1-7H,8,15H2. The number of benzene rings is 1. The number of rotatable bonds is 3. The smallest absolute Gasteiger partial charge is 0.340 e. The molecule has 2 N–H and O–H groups in total. The molecule has 4 nitrogen and oxygen atoms in total. The minimum absolute atomic E-state index is 0.161. The van der Waals surface area contributed by atoms with Gasteiger partial charge in [-0.05, 0) is 24.3 Å². The Morgan fingerprint density at radius 2 is 2.22 bits per heavy atom. The van der Waals surface area contributed by atoms with Gasteiger partial charge >= 0.3 is 5.97 Å². The van der Waals surface area contributed by atoms with Crippen LogP contribution in [0.4, 0.5) is 5.69 Å². The van der Waals surface area contributed by atoms with Crippen molar-refractivity contribution in [1.29, 1.82) is 0 Å². The van der Waals surface area contributed by atoms with Crippen LogP contribution in [-0.2, 0) is 11.3 Å². The lowest BCUT2D eigenvalue weighted by Crippen LogP contribution is -2.08. The first-order valence-corrected chi connectivity index (χ1v) is 5.65. The van der Waals surface area contributed by atoms with Crippen LogP contribution in [-0.4, -0.2) is 11.0 Å². The van der Waals surface area contributed by atoms with Crippen LogP contribution in [0.25, 0.3) is 0 Å². The van der Waals surface area contributed by atoms with E-state index in [4.69, 9.17) is 22.1 Å². The fourth-order valence-corrected chi connectivity index (χ4v) is 1.61. The van der Waals surface area contributed by atoms with Gasteiger partial charge in [0.25, 0.3) is 0 Å². The summed E-state index contributed by atoms with van der Waals surface area (Å²) in [7, 11) is 0. The first-order valence-electron chi connectivity index (χ1n) is 5.28. The molecule has 1 aromatic carbocycles. The van der Waals surface area contributed by atoms with E-state index in [-0.39, 0.29) is 6.61 Å². The van der Waals surface area contributed by atoms with Crippen molar-refractivity contribution in [3.8, 4) is 0 Å². The van der Waals surface area contributed by atoms with Gasteiger partial charge in [0.15, 0.2) is 0 Å². The Morgan fingerprint density at radius 1 is 1.39 bits per heavy atom. The second-order valence-electron chi connectivity index (χ2n) is 3.67. The van der Waals surface area contributed by atoms with E-state index >= 15 is 0 Å². The highest BCUT2D eigenvalue weighted by Crippen LogP contribution is 2.19. The number of esters is 1. The zero-order chi connectivity index (χ0) is 13.0. The molecule has 0 atom stereocenters. The molecule has 0 aliphatic heterocycles. The number of aromatic nitrogens is 1. The van der Waals surface area contributed by atoms with Gasteiger partial charge in [-0.3, -0.25) is 4.98 Å². The van der Waals surface area contributed by atoms with E-state index in [0.29, 0.717) is 16.3 Å². The van der Waals surface area contributed by atoms with Crippen molar-refractivity contribution < 1.29 is 9.53 Å². The summed E-state index contributed by atoms with van der Waals surface area (Å²) in [5.74, 6) is -0.479. The molecule has 0 bridgehead atoms. The number of ether oxygens (including phenoxy) is 1. The number of anilines is 1. The Hall–Kier alpha value is -2.07. The molecule has 1 aromatic heterocycles. The Balaban J connectivity index is 2.04. The maximum atomic E-state index is 11.8. The summed E-state index contributed by atoms with van der Waals surface area (Å²) in [6.07, 6.45) is 3.29. The van der Waals surface area contributed by atoms with E-state index in [1.165, 1.54) is 6.07 Å². The number of halogens is 1. The van der Waals surface area contributed by atoms with Gasteiger partial charge in [-0.2, -0.15) is 0 Å². The molecule has 0 radical (unpaired) electrons. The molecule has 92 valence electrons. The highest BCUT2D eigenvalue weighted by atomic mass is 35.5. The Morgan fingerprint density at radius 3 is 2.89 bits per heavy atom. The van der Waals surface area contributed by atoms with Crippen molar-refractivity contribution in [2.24, 2.45) is 0 Å². The summed E-state index contributed by atoms with van der Waals surface area (Å²) in [5.41, 5.74) is 7.12. The Labute approximate surface area is 109 Å². The third-order valence-electron chi connectivity index (χ3n) is 2.33. The molecule has 0 aliphatic carbocycles. The highest BCUT2D eigenvalue weighted by Gasteiger charge is 2.11. The number of nitrogens with zero attached hydrogens (tertiary/aromatic N) is 1. The molecule has 0 saturated heterocycles. The monoisotopic (exact) mass is 262 g/mol. The lowest BCUT2D eigenvalue weighted by atomic mass is 10.2. The average molecular weight is 263 g/mol. The second-order valence-corrected chi connectivity index (χ2v) is 4.11. The summed E-state index contributed by atoms with van der Waals surface area (Å²) in [6.45, 7) is 0.161. The summed E-state index contributed by atoms with van der Waals surface area (Å²) in [5, 5.41) is 0.483. The van der Waals surface area contributed by atoms with Gasteiger partial charge < -0.3 is 10.5 Å². The molecule has 2 aromatic rings. The van der Waals surface area contributed by atoms with Gasteiger partial charge in [0.2, 0.25) is 0 Å². The second kappa shape index (κ2) is 5.51. The molecule has 1 heterocycles. The first kappa shape index (κ1) is 12.4. The van der Waals surface area contributed by atoms with Gasteiger partial charge in [-0.1, -0.05) is 17.7 Å². The molecule has 0 aliphatic rings. The number of carbonyl (C=O) groups excluding carboxylic acids is 1. The van der Waals surface area contributed by atoms with Gasteiger partial charge in [-0.15, -0.1) is 0 Å². The quantitative estimate of drug-likeness (QED) is 0.682. The van der Waals surface area contributed by atoms with E-state index in [1.54, 1.807) is 30.6 Å². The number of carbonyl (C=O) groups is 1. The van der Waals surface area contributed by atoms with Gasteiger partial charge in [-0.25, -0.2) is 4.79 Å². The summed E-state index contributed by atoms with van der Waals surface area (Å²) >= 11 is 5.75. The fourth-order valence-electron chi connectivity index (χ4n) is 1.43. The van der Waals surface area contributed by atoms with Crippen LogP contribution in [0, 0.1) is 0 Å². The molecule has 5 heteroatoms. The number of hydrogen-bond donors (Lipinski definition) is 1. The van der Waals surface area contributed by atoms with E-state index in [2.05, 4.69) is 4.98 Å². The lowest BCUT2D eigenvalue weighted by Gasteiger charge is -2.07. The maximum Gasteiger partial charge on any atom is 0.340 e. The predicted octanol–water partition coefficient (Wildman–Crippen LogP) is 2.67. The van der Waals surface area contributed by atoms with Crippen LogP contribution in [0.1, 0.15) is 15.9 Å². The molecular formula is C13H11ClN2O2. The van der Waals surface area contributed by atoms with Crippen molar-refractivity contribution in [1.82, 2.24) is 4.98 Å². The summed E-state index contributed by atoms with van der Waals surface area (Å²) in [6, 6.07) is 8.26. The zero-order valence-corrected chi connectivity index (χ0v) is 10.2. The van der Waals surface area contributed by atoms with Gasteiger partial charge in [0.1, 0.15) is 6.61 Å². The van der Waals surface area contributed by atoms with Crippen molar-refractivity contribution in [3.05, 3.63) is 58.9 Å². The summed E-state index contributed by atoms with van der Waals surface area (Å²) in [4.78, 5) is 15.7. The number of pyridine rings is 1. The van der Waals surface area contributed by atoms with Crippen molar-refractivity contribution in [3.63, 3.8) is 0 Å². The van der Waals surface area contributed by atoms with Crippen LogP contribution in [0.3, 0.4) is 0 Å². The van der Waals surface area contributed by atoms with Crippen molar-refractivity contribution in [2.75, 3.05) is 5.73 Å². The first-order chi connectivity index (χ1) is 8.66. The minimum Gasteiger partial charge on any atom is -0.457 e. The largest absolute Gasteiger partial charge is 0.457 e.